The molecule has 2 rings (SSSR count). The fraction of sp³-hybridized carbons (Fsp3) is 0.357. The van der Waals surface area contributed by atoms with E-state index in [1.165, 1.54) is 12.3 Å². The first-order chi connectivity index (χ1) is 11.1. The molecule has 0 aliphatic heterocycles. The Balaban J connectivity index is 2.21. The first-order valence-corrected chi connectivity index (χ1v) is 7.68. The Morgan fingerprint density at radius 1 is 1.42 bits per heavy atom. The van der Waals surface area contributed by atoms with Crippen LogP contribution >= 0.6 is 11.3 Å². The monoisotopic (exact) mass is 360 g/mol. The molecule has 0 fully saturated rings. The zero-order chi connectivity index (χ0) is 18.1. The highest BCUT2D eigenvalue weighted by Gasteiger charge is 2.43. The molecule has 1 atom stereocenters. The van der Waals surface area contributed by atoms with Crippen LogP contribution in [0.25, 0.3) is 0 Å². The number of nitrogens with two attached hydrogens (primary N) is 1. The van der Waals surface area contributed by atoms with Gasteiger partial charge in [0.2, 0.25) is 5.91 Å². The molecule has 0 saturated carbocycles. The number of alkyl halides is 3. The summed E-state index contributed by atoms with van der Waals surface area (Å²) in [6.07, 6.45) is -3.16. The number of carbonyl (C=O) groups is 2. The molecule has 0 aromatic carbocycles. The third-order valence-electron chi connectivity index (χ3n) is 3.49. The van der Waals surface area contributed by atoms with Crippen molar-refractivity contribution in [1.82, 2.24) is 9.78 Å². The zero-order valence-electron chi connectivity index (χ0n) is 12.8. The largest absolute Gasteiger partial charge is 0.411 e. The Morgan fingerprint density at radius 3 is 2.58 bits per heavy atom. The van der Waals surface area contributed by atoms with Gasteiger partial charge in [0.1, 0.15) is 5.00 Å². The van der Waals surface area contributed by atoms with Crippen LogP contribution < -0.4 is 11.1 Å². The van der Waals surface area contributed by atoms with Crippen molar-refractivity contribution in [2.75, 3.05) is 5.32 Å². The second-order valence-corrected chi connectivity index (χ2v) is 6.37. The smallest absolute Gasteiger partial charge is 0.365 e. The van der Waals surface area contributed by atoms with Crippen LogP contribution in [0.4, 0.5) is 18.2 Å². The Hall–Kier alpha value is -2.36. The number of nitrogens with zero attached hydrogens (tertiary/aromatic N) is 2. The summed E-state index contributed by atoms with van der Waals surface area (Å²) in [6, 6.07) is -0.750. The maximum Gasteiger partial charge on any atom is 0.411 e. The van der Waals surface area contributed by atoms with Crippen molar-refractivity contribution in [1.29, 1.82) is 0 Å². The average Bonchev–Trinajstić information content (AvgIpc) is 3.04. The number of thiophene rings is 1. The van der Waals surface area contributed by atoms with Crippen LogP contribution in [0.15, 0.2) is 18.5 Å². The molecule has 3 N–H and O–H groups in total. The lowest BCUT2D eigenvalue weighted by molar-refractivity contribution is -0.174. The Bertz CT molecular complexity index is 753. The molecule has 0 aliphatic carbocycles. The summed E-state index contributed by atoms with van der Waals surface area (Å²) in [4.78, 5) is 24.3. The van der Waals surface area contributed by atoms with E-state index >= 15 is 0 Å². The van der Waals surface area contributed by atoms with Gasteiger partial charge in [0.25, 0.3) is 5.91 Å². The molecule has 0 saturated heterocycles. The van der Waals surface area contributed by atoms with Gasteiger partial charge in [-0.1, -0.05) is 0 Å². The number of primary amides is 1. The van der Waals surface area contributed by atoms with Gasteiger partial charge in [0, 0.05) is 17.3 Å². The molecule has 2 heterocycles. The highest BCUT2D eigenvalue weighted by atomic mass is 32.1. The van der Waals surface area contributed by atoms with E-state index in [2.05, 4.69) is 10.4 Å². The highest BCUT2D eigenvalue weighted by Crippen LogP contribution is 2.35. The number of carbonyl (C=O) groups excluding carboxylic acids is 2. The second-order valence-electron chi connectivity index (χ2n) is 5.15. The third-order valence-corrected chi connectivity index (χ3v) is 4.61. The van der Waals surface area contributed by atoms with Crippen LogP contribution in [-0.2, 0) is 4.79 Å². The van der Waals surface area contributed by atoms with Gasteiger partial charge >= 0.3 is 6.18 Å². The number of halogens is 3. The van der Waals surface area contributed by atoms with Gasteiger partial charge < -0.3 is 11.1 Å². The van der Waals surface area contributed by atoms with E-state index < -0.39 is 30.5 Å². The van der Waals surface area contributed by atoms with Crippen molar-refractivity contribution in [3.05, 3.63) is 34.5 Å². The number of hydrogen-bond donors (Lipinski definition) is 2. The van der Waals surface area contributed by atoms with E-state index in [0.29, 0.717) is 10.2 Å². The molecule has 2 amide bonds. The van der Waals surface area contributed by atoms with Gasteiger partial charge in [-0.05, 0) is 25.5 Å². The average molecular weight is 360 g/mol. The lowest BCUT2D eigenvalue weighted by atomic mass is 10.1. The van der Waals surface area contributed by atoms with Crippen molar-refractivity contribution < 1.29 is 22.8 Å². The SMILES string of the molecule is Cc1sc(NC(=O)CC(n2cccn2)C(F)(F)F)c(C(N)=O)c1C. The Morgan fingerprint density at radius 2 is 2.08 bits per heavy atom. The van der Waals surface area contributed by atoms with Gasteiger partial charge in [-0.2, -0.15) is 18.3 Å². The summed E-state index contributed by atoms with van der Waals surface area (Å²) < 4.78 is 40.1. The molecule has 2 aromatic rings. The van der Waals surface area contributed by atoms with Crippen LogP contribution in [0.1, 0.15) is 33.3 Å². The summed E-state index contributed by atoms with van der Waals surface area (Å²) in [7, 11) is 0. The molecule has 24 heavy (non-hydrogen) atoms. The highest BCUT2D eigenvalue weighted by molar-refractivity contribution is 7.16. The van der Waals surface area contributed by atoms with Crippen LogP contribution in [0, 0.1) is 13.8 Å². The number of aryl methyl sites for hydroxylation is 1. The fourth-order valence-electron chi connectivity index (χ4n) is 2.19. The van der Waals surface area contributed by atoms with Gasteiger partial charge in [-0.25, -0.2) is 0 Å². The fourth-order valence-corrected chi connectivity index (χ4v) is 3.27. The van der Waals surface area contributed by atoms with Crippen molar-refractivity contribution in [2.24, 2.45) is 5.73 Å². The summed E-state index contributed by atoms with van der Waals surface area (Å²) >= 11 is 1.09. The first kappa shape index (κ1) is 18.0. The maximum atomic E-state index is 13.1. The van der Waals surface area contributed by atoms with E-state index in [4.69, 9.17) is 5.73 Å². The number of amides is 2. The van der Waals surface area contributed by atoms with Gasteiger partial charge in [0.05, 0.1) is 12.0 Å². The van der Waals surface area contributed by atoms with E-state index in [9.17, 15) is 22.8 Å². The molecule has 1 unspecified atom stereocenters. The van der Waals surface area contributed by atoms with E-state index in [0.717, 1.165) is 22.4 Å². The summed E-state index contributed by atoms with van der Waals surface area (Å²) in [5.41, 5.74) is 5.99. The normalized spacial score (nSPS) is 12.9. The lowest BCUT2D eigenvalue weighted by Gasteiger charge is -2.20. The molecular weight excluding hydrogens is 345 g/mol. The lowest BCUT2D eigenvalue weighted by Crippen LogP contribution is -2.31. The quantitative estimate of drug-likeness (QED) is 0.859. The molecule has 2 aromatic heterocycles. The van der Waals surface area contributed by atoms with Crippen LogP contribution in [0.5, 0.6) is 0 Å². The predicted octanol–water partition coefficient (Wildman–Crippen LogP) is 2.79. The van der Waals surface area contributed by atoms with Crippen LogP contribution in [0.2, 0.25) is 0 Å². The number of hydrogen-bond acceptors (Lipinski definition) is 4. The molecular formula is C14H15F3N4O2S. The van der Waals surface area contributed by atoms with E-state index in [1.54, 1.807) is 13.8 Å². The molecule has 130 valence electrons. The Labute approximate surface area is 139 Å². The minimum Gasteiger partial charge on any atom is -0.365 e. The van der Waals surface area contributed by atoms with Gasteiger partial charge in [-0.3, -0.25) is 14.3 Å². The zero-order valence-corrected chi connectivity index (χ0v) is 13.7. The van der Waals surface area contributed by atoms with Crippen molar-refractivity contribution in [3.63, 3.8) is 0 Å². The number of aromatic nitrogens is 2. The molecule has 0 spiro atoms. The second kappa shape index (κ2) is 6.63. The molecule has 0 radical (unpaired) electrons. The summed E-state index contributed by atoms with van der Waals surface area (Å²) in [5.74, 6) is -1.62. The van der Waals surface area contributed by atoms with E-state index in [1.807, 2.05) is 0 Å². The number of anilines is 1. The Kier molecular flexibility index (Phi) is 4.97. The maximum absolute atomic E-state index is 13.1. The summed E-state index contributed by atoms with van der Waals surface area (Å²) in [5, 5.41) is 6.06. The summed E-state index contributed by atoms with van der Waals surface area (Å²) in [6.45, 7) is 3.38. The standard InChI is InChI=1S/C14H15F3N4O2S/c1-7-8(2)24-13(11(7)12(18)23)20-10(22)6-9(14(15,16)17)21-5-3-4-19-21/h3-5,9H,6H2,1-2H3,(H2,18,23)(H,20,22). The minimum absolute atomic E-state index is 0.119. The van der Waals surface area contributed by atoms with Gasteiger partial charge in [0.15, 0.2) is 6.04 Å². The van der Waals surface area contributed by atoms with Crippen LogP contribution in [0.3, 0.4) is 0 Å². The van der Waals surface area contributed by atoms with Gasteiger partial charge in [-0.15, -0.1) is 11.3 Å². The molecule has 0 aliphatic rings. The number of nitrogens with one attached hydrogen (secondary N) is 1. The molecule has 6 nitrogen and oxygen atoms in total. The third kappa shape index (κ3) is 3.75. The van der Waals surface area contributed by atoms with Crippen molar-refractivity contribution in [2.45, 2.75) is 32.5 Å². The minimum atomic E-state index is -4.64. The van der Waals surface area contributed by atoms with E-state index in [-0.39, 0.29) is 10.6 Å². The van der Waals surface area contributed by atoms with Crippen molar-refractivity contribution in [3.8, 4) is 0 Å². The molecule has 10 heteroatoms. The van der Waals surface area contributed by atoms with Crippen LogP contribution in [-0.4, -0.2) is 27.8 Å². The predicted molar refractivity (Wildman–Crippen MR) is 82.9 cm³/mol. The topological polar surface area (TPSA) is 90.0 Å². The first-order valence-electron chi connectivity index (χ1n) is 6.86. The van der Waals surface area contributed by atoms with Crippen molar-refractivity contribution >= 4 is 28.2 Å². The molecule has 0 bridgehead atoms. The number of rotatable bonds is 5.